The van der Waals surface area contributed by atoms with Gasteiger partial charge in [0, 0.05) is 6.42 Å². The summed E-state index contributed by atoms with van der Waals surface area (Å²) in [5.74, 6) is -0.424. The predicted octanol–water partition coefficient (Wildman–Crippen LogP) is -0.856. The van der Waals surface area contributed by atoms with Crippen molar-refractivity contribution in [2.24, 2.45) is 0 Å². The molecule has 0 radical (unpaired) electrons. The van der Waals surface area contributed by atoms with Gasteiger partial charge in [0.1, 0.15) is 4.83 Å². The smallest absolute Gasteiger partial charge is 0.295 e. The summed E-state index contributed by atoms with van der Waals surface area (Å²) in [7, 11) is -4.67. The molecule has 1 aliphatic rings. The minimum absolute atomic E-state index is 0.197. The largest absolute Gasteiger partial charge is 0.394 e. The van der Waals surface area contributed by atoms with Gasteiger partial charge in [0.15, 0.2) is 0 Å². The molecule has 9 heteroatoms. The second kappa shape index (κ2) is 4.65. The quantitative estimate of drug-likeness (QED) is 0.301. The Morgan fingerprint density at radius 2 is 1.77 bits per heavy atom. The van der Waals surface area contributed by atoms with Crippen LogP contribution in [-0.4, -0.2) is 34.2 Å². The maximum atomic E-state index is 10.4. The summed E-state index contributed by atoms with van der Waals surface area (Å²) in [5.41, 5.74) is 0. The van der Waals surface area contributed by atoms with Crippen molar-refractivity contribution in [2.75, 3.05) is 0 Å². The summed E-state index contributed by atoms with van der Waals surface area (Å²) < 4.78 is 31.6. The molecule has 0 aromatic rings. The molecule has 1 fully saturated rings. The van der Waals surface area contributed by atoms with E-state index in [1.54, 1.807) is 0 Å². The molecule has 1 rings (SSSR count). The zero-order valence-corrected chi connectivity index (χ0v) is 8.50. The molecule has 1 unspecified atom stereocenters. The molecule has 0 aromatic carbocycles. The fourth-order valence-corrected chi connectivity index (χ4v) is 0.931. The summed E-state index contributed by atoms with van der Waals surface area (Å²) >= 11 is 3.01. The minimum atomic E-state index is -4.67. The van der Waals surface area contributed by atoms with Crippen molar-refractivity contribution in [1.82, 2.24) is 5.32 Å². The highest BCUT2D eigenvalue weighted by atomic mass is 79.9. The van der Waals surface area contributed by atoms with Gasteiger partial charge in [-0.05, 0) is 0 Å². The van der Waals surface area contributed by atoms with Gasteiger partial charge in [0.2, 0.25) is 11.8 Å². The van der Waals surface area contributed by atoms with Crippen LogP contribution < -0.4 is 5.32 Å². The highest BCUT2D eigenvalue weighted by Crippen LogP contribution is 2.10. The van der Waals surface area contributed by atoms with Crippen molar-refractivity contribution in [3.05, 3.63) is 0 Å². The second-order valence-electron chi connectivity index (χ2n) is 2.03. The van der Waals surface area contributed by atoms with E-state index in [4.69, 9.17) is 17.5 Å². The number of rotatable bonds is 0. The van der Waals surface area contributed by atoms with Gasteiger partial charge in [-0.2, -0.15) is 8.42 Å². The number of halogens is 1. The standard InChI is InChI=1S/C4H4BrNO2.H2O4S/c5-2-1-3(7)6-4(2)8;1-5(2,3)4/h2H,1H2,(H,6,7,8);(H2,1,2,3,4). The summed E-state index contributed by atoms with van der Waals surface area (Å²) in [5, 5.41) is 2.14. The molecule has 13 heavy (non-hydrogen) atoms. The lowest BCUT2D eigenvalue weighted by Crippen LogP contribution is -2.21. The fraction of sp³-hybridized carbons (Fsp3) is 0.500. The molecule has 0 bridgehead atoms. The Morgan fingerprint density at radius 1 is 1.38 bits per heavy atom. The third-order valence-electron chi connectivity index (χ3n) is 0.912. The van der Waals surface area contributed by atoms with Gasteiger partial charge >= 0.3 is 10.4 Å². The Labute approximate surface area is 82.2 Å². The molecule has 3 N–H and O–H groups in total. The Morgan fingerprint density at radius 3 is 1.85 bits per heavy atom. The maximum absolute atomic E-state index is 10.4. The normalized spacial score (nSPS) is 21.9. The molecule has 0 spiro atoms. The van der Waals surface area contributed by atoms with Gasteiger partial charge in [-0.3, -0.25) is 24.0 Å². The zero-order chi connectivity index (χ0) is 10.6. The van der Waals surface area contributed by atoms with Gasteiger partial charge in [-0.1, -0.05) is 15.9 Å². The van der Waals surface area contributed by atoms with Crippen LogP contribution in [0, 0.1) is 0 Å². The number of amides is 2. The monoisotopic (exact) mass is 275 g/mol. The van der Waals surface area contributed by atoms with Crippen molar-refractivity contribution in [3.63, 3.8) is 0 Å². The molecule has 0 saturated carbocycles. The van der Waals surface area contributed by atoms with Crippen LogP contribution in [0.2, 0.25) is 0 Å². The second-order valence-corrected chi connectivity index (χ2v) is 4.03. The number of hydrogen-bond acceptors (Lipinski definition) is 4. The van der Waals surface area contributed by atoms with E-state index in [1.165, 1.54) is 0 Å². The summed E-state index contributed by atoms with van der Waals surface area (Å²) in [6, 6.07) is 0. The lowest BCUT2D eigenvalue weighted by Gasteiger charge is -1.86. The Balaban J connectivity index is 0.000000252. The van der Waals surface area contributed by atoms with Gasteiger partial charge in [-0.15, -0.1) is 0 Å². The molecule has 1 heterocycles. The first kappa shape index (κ1) is 12.5. The van der Waals surface area contributed by atoms with Crippen LogP contribution in [0.5, 0.6) is 0 Å². The summed E-state index contributed by atoms with van der Waals surface area (Å²) in [4.78, 5) is 20.4. The molecule has 1 atom stereocenters. The van der Waals surface area contributed by atoms with Crippen LogP contribution in [0.4, 0.5) is 0 Å². The van der Waals surface area contributed by atoms with Crippen LogP contribution in [0.25, 0.3) is 0 Å². The van der Waals surface area contributed by atoms with E-state index >= 15 is 0 Å². The lowest BCUT2D eigenvalue weighted by molar-refractivity contribution is -0.124. The molecular formula is C4H6BrNO6S. The van der Waals surface area contributed by atoms with E-state index in [0.29, 0.717) is 0 Å². The number of nitrogens with one attached hydrogen (secondary N) is 1. The Bertz CT molecular complexity index is 303. The van der Waals surface area contributed by atoms with E-state index < -0.39 is 10.4 Å². The Hall–Kier alpha value is -0.510. The van der Waals surface area contributed by atoms with E-state index in [1.807, 2.05) is 0 Å². The molecule has 1 aliphatic heterocycles. The Kier molecular flexibility index (Phi) is 4.47. The van der Waals surface area contributed by atoms with Gasteiger partial charge in [0.05, 0.1) is 0 Å². The van der Waals surface area contributed by atoms with Crippen LogP contribution in [0.1, 0.15) is 6.42 Å². The number of carbonyl (C=O) groups is 2. The van der Waals surface area contributed by atoms with E-state index in [0.717, 1.165) is 0 Å². The van der Waals surface area contributed by atoms with Crippen LogP contribution >= 0.6 is 15.9 Å². The van der Waals surface area contributed by atoms with Crippen LogP contribution in [0.3, 0.4) is 0 Å². The highest BCUT2D eigenvalue weighted by Gasteiger charge is 2.27. The van der Waals surface area contributed by atoms with Crippen molar-refractivity contribution in [3.8, 4) is 0 Å². The first-order valence-corrected chi connectivity index (χ1v) is 5.19. The van der Waals surface area contributed by atoms with Crippen LogP contribution in [0.15, 0.2) is 0 Å². The third-order valence-corrected chi connectivity index (χ3v) is 1.65. The number of alkyl halides is 1. The maximum Gasteiger partial charge on any atom is 0.394 e. The molecule has 2 amide bonds. The average Bonchev–Trinajstić information content (AvgIpc) is 2.05. The first-order valence-electron chi connectivity index (χ1n) is 2.88. The predicted molar refractivity (Wildman–Crippen MR) is 44.7 cm³/mol. The topological polar surface area (TPSA) is 121 Å². The van der Waals surface area contributed by atoms with Crippen molar-refractivity contribution >= 4 is 38.1 Å². The van der Waals surface area contributed by atoms with Crippen molar-refractivity contribution in [2.45, 2.75) is 11.2 Å². The fourth-order valence-electron chi connectivity index (χ4n) is 0.522. The highest BCUT2D eigenvalue weighted by molar-refractivity contribution is 9.10. The average molecular weight is 276 g/mol. The summed E-state index contributed by atoms with van der Waals surface area (Å²) in [6.07, 6.45) is 0.277. The lowest BCUT2D eigenvalue weighted by atomic mass is 10.4. The molecule has 76 valence electrons. The van der Waals surface area contributed by atoms with Gasteiger partial charge < -0.3 is 0 Å². The third kappa shape index (κ3) is 7.84. The van der Waals surface area contributed by atoms with Crippen molar-refractivity contribution in [1.29, 1.82) is 0 Å². The van der Waals surface area contributed by atoms with Gasteiger partial charge in [0.25, 0.3) is 0 Å². The molecular weight excluding hydrogens is 270 g/mol. The molecule has 0 aliphatic carbocycles. The summed E-state index contributed by atoms with van der Waals surface area (Å²) in [6.45, 7) is 0. The van der Waals surface area contributed by atoms with Crippen LogP contribution in [-0.2, 0) is 20.0 Å². The molecule has 7 nitrogen and oxygen atoms in total. The SMILES string of the molecule is O=C1CC(Br)C(=O)N1.O=S(=O)(O)O. The first-order chi connectivity index (χ1) is 5.70. The number of carbonyl (C=O) groups excluding carboxylic acids is 2. The van der Waals surface area contributed by atoms with E-state index in [9.17, 15) is 9.59 Å². The zero-order valence-electron chi connectivity index (χ0n) is 6.10. The van der Waals surface area contributed by atoms with E-state index in [-0.39, 0.29) is 23.1 Å². The molecule has 0 aromatic heterocycles. The van der Waals surface area contributed by atoms with Gasteiger partial charge in [-0.25, -0.2) is 0 Å². The van der Waals surface area contributed by atoms with Crippen molar-refractivity contribution < 1.29 is 27.1 Å². The number of hydrogen-bond donors (Lipinski definition) is 3. The number of imide groups is 1. The molecule has 1 saturated heterocycles. The minimum Gasteiger partial charge on any atom is -0.295 e. The van der Waals surface area contributed by atoms with E-state index in [2.05, 4.69) is 21.2 Å².